The van der Waals surface area contributed by atoms with E-state index in [2.05, 4.69) is 10.1 Å². The summed E-state index contributed by atoms with van der Waals surface area (Å²) in [5.74, 6) is -1.46. The number of halogens is 2. The van der Waals surface area contributed by atoms with Gasteiger partial charge in [-0.2, -0.15) is 5.10 Å². The van der Waals surface area contributed by atoms with E-state index in [1.807, 2.05) is 49.3 Å². The van der Waals surface area contributed by atoms with Gasteiger partial charge < -0.3 is 18.9 Å². The second-order valence-electron chi connectivity index (χ2n) is 10.6. The summed E-state index contributed by atoms with van der Waals surface area (Å²) >= 11 is 0. The number of rotatable bonds is 4. The lowest BCUT2D eigenvalue weighted by molar-refractivity contribution is 0.0185. The standard InChI is InChI=1S/C28H31F2N5O3/c1-28(2,3)38-27(36)34-8-6-20(7-9-34)35-15-18(14-32-35)17-10-22-23(16-33(4)26(22)31-13-17)21-11-19(29)12-24(30)25(21)37-5/h10-16,20H,6-9H2,1-5H3. The predicted molar refractivity (Wildman–Crippen MR) is 140 cm³/mol. The molecule has 0 aliphatic carbocycles. The van der Waals surface area contributed by atoms with Crippen LogP contribution in [0.4, 0.5) is 13.6 Å². The number of benzene rings is 1. The monoisotopic (exact) mass is 523 g/mol. The molecule has 8 nitrogen and oxygen atoms in total. The van der Waals surface area contributed by atoms with E-state index in [0.717, 1.165) is 35.4 Å². The Morgan fingerprint density at radius 3 is 2.45 bits per heavy atom. The van der Waals surface area contributed by atoms with Crippen molar-refractivity contribution in [1.82, 2.24) is 24.2 Å². The third-order valence-electron chi connectivity index (χ3n) is 6.74. The van der Waals surface area contributed by atoms with Crippen LogP contribution in [0.1, 0.15) is 39.7 Å². The molecular weight excluding hydrogens is 492 g/mol. The first-order valence-electron chi connectivity index (χ1n) is 12.5. The fourth-order valence-electron chi connectivity index (χ4n) is 4.93. The molecule has 1 amide bonds. The molecule has 1 fully saturated rings. The highest BCUT2D eigenvalue weighted by Crippen LogP contribution is 2.39. The number of methoxy groups -OCH3 is 1. The summed E-state index contributed by atoms with van der Waals surface area (Å²) in [6.45, 7) is 6.78. The molecule has 1 aliphatic heterocycles. The SMILES string of the molecule is COc1c(F)cc(F)cc1-c1cn(C)c2ncc(-c3cnn(C4CCN(C(=O)OC(C)(C)C)CC4)c3)cc12. The molecule has 0 spiro atoms. The van der Waals surface area contributed by atoms with Crippen molar-refractivity contribution in [2.24, 2.45) is 7.05 Å². The first kappa shape index (κ1) is 25.7. The van der Waals surface area contributed by atoms with Crippen LogP contribution in [0.25, 0.3) is 33.3 Å². The minimum atomic E-state index is -0.761. The lowest BCUT2D eigenvalue weighted by Crippen LogP contribution is -2.42. The summed E-state index contributed by atoms with van der Waals surface area (Å²) in [5, 5.41) is 5.33. The molecule has 10 heteroatoms. The number of carbonyl (C=O) groups is 1. The fourth-order valence-corrected chi connectivity index (χ4v) is 4.93. The Balaban J connectivity index is 1.40. The largest absolute Gasteiger partial charge is 0.493 e. The number of pyridine rings is 1. The Labute approximate surface area is 219 Å². The Morgan fingerprint density at radius 1 is 1.03 bits per heavy atom. The van der Waals surface area contributed by atoms with Crippen LogP contribution in [0.2, 0.25) is 0 Å². The number of piperidine rings is 1. The van der Waals surface area contributed by atoms with Gasteiger partial charge in [0.1, 0.15) is 17.1 Å². The number of aryl methyl sites for hydroxylation is 1. The molecule has 0 atom stereocenters. The van der Waals surface area contributed by atoms with Crippen molar-refractivity contribution in [3.8, 4) is 28.0 Å². The summed E-state index contributed by atoms with van der Waals surface area (Å²) < 4.78 is 43.1. The number of amides is 1. The van der Waals surface area contributed by atoms with Gasteiger partial charge >= 0.3 is 6.09 Å². The summed E-state index contributed by atoms with van der Waals surface area (Å²) in [7, 11) is 3.20. The fraction of sp³-hybridized carbons (Fsp3) is 0.393. The Bertz CT molecular complexity index is 1500. The van der Waals surface area contributed by atoms with Crippen molar-refractivity contribution in [2.45, 2.75) is 45.3 Å². The van der Waals surface area contributed by atoms with Gasteiger partial charge in [0.15, 0.2) is 11.6 Å². The lowest BCUT2D eigenvalue weighted by atomic mass is 10.0. The minimum absolute atomic E-state index is 0.0187. The molecule has 0 N–H and O–H groups in total. The third-order valence-corrected chi connectivity index (χ3v) is 6.74. The Kier molecular flexibility index (Phi) is 6.58. The number of likely N-dealkylation sites (tertiary alicyclic amines) is 1. The molecule has 5 rings (SSSR count). The van der Waals surface area contributed by atoms with Gasteiger partial charge in [0.2, 0.25) is 0 Å². The quantitative estimate of drug-likeness (QED) is 0.330. The molecular formula is C28H31F2N5O3. The van der Waals surface area contributed by atoms with E-state index in [0.29, 0.717) is 29.9 Å². The lowest BCUT2D eigenvalue weighted by Gasteiger charge is -2.33. The average molecular weight is 524 g/mol. The maximum Gasteiger partial charge on any atom is 0.410 e. The highest BCUT2D eigenvalue weighted by molar-refractivity contribution is 5.97. The van der Waals surface area contributed by atoms with Gasteiger partial charge in [0.25, 0.3) is 0 Å². The van der Waals surface area contributed by atoms with Gasteiger partial charge in [-0.3, -0.25) is 4.68 Å². The highest BCUT2D eigenvalue weighted by Gasteiger charge is 2.28. The molecule has 200 valence electrons. The molecule has 38 heavy (non-hydrogen) atoms. The average Bonchev–Trinajstić information content (AvgIpc) is 3.48. The summed E-state index contributed by atoms with van der Waals surface area (Å²) in [6.07, 6.45) is 8.57. The number of ether oxygens (including phenoxy) is 2. The maximum absolute atomic E-state index is 14.4. The summed E-state index contributed by atoms with van der Waals surface area (Å²) in [5.41, 5.74) is 2.81. The summed E-state index contributed by atoms with van der Waals surface area (Å²) in [4.78, 5) is 18.7. The molecule has 0 radical (unpaired) electrons. The number of aromatic nitrogens is 4. The van der Waals surface area contributed by atoms with E-state index >= 15 is 0 Å². The molecule has 0 unspecified atom stereocenters. The number of nitrogens with zero attached hydrogens (tertiary/aromatic N) is 5. The van der Waals surface area contributed by atoms with Crippen molar-refractivity contribution in [3.05, 3.63) is 54.6 Å². The number of hydrogen-bond donors (Lipinski definition) is 0. The van der Waals surface area contributed by atoms with Crippen LogP contribution in [-0.4, -0.2) is 56.1 Å². The summed E-state index contributed by atoms with van der Waals surface area (Å²) in [6, 6.07) is 4.19. The zero-order valence-electron chi connectivity index (χ0n) is 22.2. The molecule has 4 aromatic rings. The van der Waals surface area contributed by atoms with Crippen molar-refractivity contribution < 1.29 is 23.0 Å². The van der Waals surface area contributed by atoms with Crippen LogP contribution in [-0.2, 0) is 11.8 Å². The van der Waals surface area contributed by atoms with Gasteiger partial charge in [-0.25, -0.2) is 18.6 Å². The van der Waals surface area contributed by atoms with Gasteiger partial charge in [-0.15, -0.1) is 0 Å². The van der Waals surface area contributed by atoms with E-state index in [1.54, 1.807) is 23.5 Å². The molecule has 4 heterocycles. The van der Waals surface area contributed by atoms with Crippen LogP contribution in [0, 0.1) is 11.6 Å². The molecule has 0 bridgehead atoms. The van der Waals surface area contributed by atoms with Crippen LogP contribution >= 0.6 is 0 Å². The number of fused-ring (bicyclic) bond motifs is 1. The minimum Gasteiger partial charge on any atom is -0.493 e. The zero-order valence-corrected chi connectivity index (χ0v) is 22.2. The van der Waals surface area contributed by atoms with Gasteiger partial charge in [0.05, 0.1) is 19.3 Å². The van der Waals surface area contributed by atoms with E-state index in [9.17, 15) is 13.6 Å². The van der Waals surface area contributed by atoms with Crippen molar-refractivity contribution >= 4 is 17.1 Å². The second-order valence-corrected chi connectivity index (χ2v) is 10.6. The van der Waals surface area contributed by atoms with Crippen LogP contribution in [0.15, 0.2) is 43.0 Å². The van der Waals surface area contributed by atoms with E-state index in [4.69, 9.17) is 9.47 Å². The maximum atomic E-state index is 14.4. The predicted octanol–water partition coefficient (Wildman–Crippen LogP) is 5.96. The van der Waals surface area contributed by atoms with Crippen molar-refractivity contribution in [1.29, 1.82) is 0 Å². The van der Waals surface area contributed by atoms with E-state index in [1.165, 1.54) is 13.2 Å². The zero-order chi connectivity index (χ0) is 27.2. The smallest absolute Gasteiger partial charge is 0.410 e. The highest BCUT2D eigenvalue weighted by atomic mass is 19.1. The second kappa shape index (κ2) is 9.74. The molecule has 3 aromatic heterocycles. The van der Waals surface area contributed by atoms with Crippen molar-refractivity contribution in [2.75, 3.05) is 20.2 Å². The molecule has 1 aromatic carbocycles. The van der Waals surface area contributed by atoms with Crippen LogP contribution in [0.5, 0.6) is 5.75 Å². The van der Waals surface area contributed by atoms with E-state index in [-0.39, 0.29) is 17.9 Å². The van der Waals surface area contributed by atoms with E-state index < -0.39 is 17.2 Å². The normalized spacial score (nSPS) is 14.8. The van der Waals surface area contributed by atoms with Gasteiger partial charge in [-0.1, -0.05) is 0 Å². The van der Waals surface area contributed by atoms with Crippen LogP contribution < -0.4 is 4.74 Å². The molecule has 1 saturated heterocycles. The topological polar surface area (TPSA) is 74.4 Å². The molecule has 0 saturated carbocycles. The van der Waals surface area contributed by atoms with Gasteiger partial charge in [-0.05, 0) is 45.7 Å². The number of carbonyl (C=O) groups excluding carboxylic acids is 1. The molecule has 1 aliphatic rings. The first-order chi connectivity index (χ1) is 18.0. The van der Waals surface area contributed by atoms with Gasteiger partial charge in [0, 0.05) is 72.4 Å². The first-order valence-corrected chi connectivity index (χ1v) is 12.5. The number of hydrogen-bond acceptors (Lipinski definition) is 5. The Hall–Kier alpha value is -3.95. The van der Waals surface area contributed by atoms with Crippen LogP contribution in [0.3, 0.4) is 0 Å². The Morgan fingerprint density at radius 2 is 1.76 bits per heavy atom. The van der Waals surface area contributed by atoms with Crippen molar-refractivity contribution in [3.63, 3.8) is 0 Å². The third kappa shape index (κ3) is 4.94.